The summed E-state index contributed by atoms with van der Waals surface area (Å²) < 4.78 is 10.8. The second-order valence-corrected chi connectivity index (χ2v) is 5.26. The predicted octanol–water partition coefficient (Wildman–Crippen LogP) is 2.96. The SMILES string of the molecule is CCCCC(CC)c1nc(C(C)(N)COCC)no1. The maximum atomic E-state index is 6.17. The fourth-order valence-corrected chi connectivity index (χ4v) is 1.96. The summed E-state index contributed by atoms with van der Waals surface area (Å²) in [6.07, 6.45) is 4.45. The Morgan fingerprint density at radius 3 is 2.68 bits per heavy atom. The van der Waals surface area contributed by atoms with Gasteiger partial charge in [0.15, 0.2) is 5.82 Å². The molecule has 1 heterocycles. The number of nitrogens with two attached hydrogens (primary N) is 1. The molecule has 2 N–H and O–H groups in total. The Morgan fingerprint density at radius 2 is 2.11 bits per heavy atom. The van der Waals surface area contributed by atoms with Gasteiger partial charge in [0.2, 0.25) is 5.89 Å². The molecule has 1 aromatic rings. The van der Waals surface area contributed by atoms with Crippen LogP contribution < -0.4 is 5.73 Å². The van der Waals surface area contributed by atoms with Gasteiger partial charge in [-0.1, -0.05) is 31.8 Å². The minimum Gasteiger partial charge on any atom is -0.379 e. The van der Waals surface area contributed by atoms with Crippen LogP contribution in [0.2, 0.25) is 0 Å². The standard InChI is InChI=1S/C14H27N3O2/c1-5-8-9-11(6-2)12-16-13(17-19-12)14(4,15)10-18-7-3/h11H,5-10,15H2,1-4H3. The van der Waals surface area contributed by atoms with Gasteiger partial charge in [-0.05, 0) is 26.7 Å². The molecule has 1 rings (SSSR count). The van der Waals surface area contributed by atoms with Gasteiger partial charge < -0.3 is 15.0 Å². The van der Waals surface area contributed by atoms with E-state index in [9.17, 15) is 0 Å². The lowest BCUT2D eigenvalue weighted by Crippen LogP contribution is -2.39. The van der Waals surface area contributed by atoms with Crippen LogP contribution >= 0.6 is 0 Å². The molecule has 0 aliphatic rings. The summed E-state index contributed by atoms with van der Waals surface area (Å²) >= 11 is 0. The third-order valence-corrected chi connectivity index (χ3v) is 3.31. The Kier molecular flexibility index (Phi) is 6.45. The molecule has 110 valence electrons. The topological polar surface area (TPSA) is 74.2 Å². The Morgan fingerprint density at radius 1 is 1.37 bits per heavy atom. The molecule has 0 amide bonds. The van der Waals surface area contributed by atoms with Crippen LogP contribution in [0.5, 0.6) is 0 Å². The van der Waals surface area contributed by atoms with Crippen LogP contribution in [0.1, 0.15) is 71.0 Å². The van der Waals surface area contributed by atoms with Crippen LogP contribution in [0.4, 0.5) is 0 Å². The van der Waals surface area contributed by atoms with Crippen LogP contribution in [0, 0.1) is 0 Å². The zero-order valence-electron chi connectivity index (χ0n) is 12.6. The number of aromatic nitrogens is 2. The average Bonchev–Trinajstić information content (AvgIpc) is 2.88. The minimum atomic E-state index is -0.694. The van der Waals surface area contributed by atoms with Crippen LogP contribution in [0.3, 0.4) is 0 Å². The van der Waals surface area contributed by atoms with E-state index in [1.165, 1.54) is 12.8 Å². The van der Waals surface area contributed by atoms with Gasteiger partial charge in [-0.15, -0.1) is 0 Å². The van der Waals surface area contributed by atoms with Gasteiger partial charge in [0.05, 0.1) is 6.61 Å². The number of ether oxygens (including phenoxy) is 1. The molecule has 2 atom stereocenters. The van der Waals surface area contributed by atoms with E-state index in [4.69, 9.17) is 15.0 Å². The fourth-order valence-electron chi connectivity index (χ4n) is 1.96. The first-order valence-corrected chi connectivity index (χ1v) is 7.25. The van der Waals surface area contributed by atoms with Crippen molar-refractivity contribution in [3.05, 3.63) is 11.7 Å². The molecule has 5 heteroatoms. The van der Waals surface area contributed by atoms with Crippen molar-refractivity contribution < 1.29 is 9.26 Å². The average molecular weight is 269 g/mol. The highest BCUT2D eigenvalue weighted by Crippen LogP contribution is 2.25. The highest BCUT2D eigenvalue weighted by atomic mass is 16.5. The highest BCUT2D eigenvalue weighted by Gasteiger charge is 2.29. The summed E-state index contributed by atoms with van der Waals surface area (Å²) in [5.41, 5.74) is 5.48. The molecule has 0 fully saturated rings. The van der Waals surface area contributed by atoms with Gasteiger partial charge >= 0.3 is 0 Å². The molecular formula is C14H27N3O2. The summed E-state index contributed by atoms with van der Waals surface area (Å²) in [7, 11) is 0. The van der Waals surface area contributed by atoms with E-state index in [0.717, 1.165) is 12.8 Å². The summed E-state index contributed by atoms with van der Waals surface area (Å²) in [6, 6.07) is 0. The molecule has 0 radical (unpaired) electrons. The van der Waals surface area contributed by atoms with Crippen molar-refractivity contribution in [3.8, 4) is 0 Å². The molecular weight excluding hydrogens is 242 g/mol. The monoisotopic (exact) mass is 269 g/mol. The molecule has 0 bridgehead atoms. The number of nitrogens with zero attached hydrogens (tertiary/aromatic N) is 2. The van der Waals surface area contributed by atoms with Gasteiger partial charge in [-0.2, -0.15) is 4.98 Å². The van der Waals surface area contributed by atoms with Crippen molar-refractivity contribution in [2.24, 2.45) is 5.73 Å². The minimum absolute atomic E-state index is 0.337. The summed E-state index contributed by atoms with van der Waals surface area (Å²) in [4.78, 5) is 4.48. The van der Waals surface area contributed by atoms with Crippen LogP contribution in [-0.2, 0) is 10.3 Å². The Balaban J connectivity index is 2.74. The van der Waals surface area contributed by atoms with E-state index in [1.807, 2.05) is 13.8 Å². The van der Waals surface area contributed by atoms with Gasteiger partial charge in [0.1, 0.15) is 5.54 Å². The van der Waals surface area contributed by atoms with Crippen molar-refractivity contribution in [2.45, 2.75) is 64.8 Å². The summed E-state index contributed by atoms with van der Waals surface area (Å²) in [5, 5.41) is 4.03. The van der Waals surface area contributed by atoms with E-state index in [1.54, 1.807) is 0 Å². The van der Waals surface area contributed by atoms with E-state index in [0.29, 0.717) is 30.8 Å². The molecule has 0 aliphatic carbocycles. The molecule has 0 aromatic carbocycles. The second-order valence-electron chi connectivity index (χ2n) is 5.26. The Labute approximate surface area is 115 Å². The number of hydrogen-bond acceptors (Lipinski definition) is 5. The third kappa shape index (κ3) is 4.58. The highest BCUT2D eigenvalue weighted by molar-refractivity contribution is 5.04. The van der Waals surface area contributed by atoms with Crippen molar-refractivity contribution in [2.75, 3.05) is 13.2 Å². The van der Waals surface area contributed by atoms with Gasteiger partial charge in [0, 0.05) is 12.5 Å². The van der Waals surface area contributed by atoms with Crippen molar-refractivity contribution in [1.29, 1.82) is 0 Å². The number of unbranched alkanes of at least 4 members (excludes halogenated alkanes) is 1. The molecule has 19 heavy (non-hydrogen) atoms. The Hall–Kier alpha value is -0.940. The number of hydrogen-bond donors (Lipinski definition) is 1. The smallest absolute Gasteiger partial charge is 0.229 e. The lowest BCUT2D eigenvalue weighted by Gasteiger charge is -2.19. The zero-order valence-corrected chi connectivity index (χ0v) is 12.6. The van der Waals surface area contributed by atoms with Gasteiger partial charge in [-0.25, -0.2) is 0 Å². The first kappa shape index (κ1) is 16.1. The Bertz CT molecular complexity index is 363. The van der Waals surface area contributed by atoms with Crippen LogP contribution in [-0.4, -0.2) is 23.4 Å². The molecule has 0 saturated heterocycles. The van der Waals surface area contributed by atoms with Crippen molar-refractivity contribution in [1.82, 2.24) is 10.1 Å². The van der Waals surface area contributed by atoms with E-state index < -0.39 is 5.54 Å². The predicted molar refractivity (Wildman–Crippen MR) is 74.9 cm³/mol. The molecule has 0 spiro atoms. The number of rotatable bonds is 9. The normalized spacial score (nSPS) is 16.3. The first-order valence-electron chi connectivity index (χ1n) is 7.25. The summed E-state index contributed by atoms with van der Waals surface area (Å²) in [6.45, 7) is 9.16. The molecule has 1 aromatic heterocycles. The maximum absolute atomic E-state index is 6.17. The lowest BCUT2D eigenvalue weighted by atomic mass is 9.99. The zero-order chi connectivity index (χ0) is 14.3. The van der Waals surface area contributed by atoms with Crippen molar-refractivity contribution in [3.63, 3.8) is 0 Å². The largest absolute Gasteiger partial charge is 0.379 e. The quantitative estimate of drug-likeness (QED) is 0.746. The molecule has 2 unspecified atom stereocenters. The van der Waals surface area contributed by atoms with Crippen LogP contribution in [0.25, 0.3) is 0 Å². The molecule has 0 aliphatic heterocycles. The van der Waals surface area contributed by atoms with Crippen LogP contribution in [0.15, 0.2) is 4.52 Å². The second kappa shape index (κ2) is 7.60. The molecule has 0 saturated carbocycles. The third-order valence-electron chi connectivity index (χ3n) is 3.31. The fraction of sp³-hybridized carbons (Fsp3) is 0.857. The van der Waals surface area contributed by atoms with E-state index >= 15 is 0 Å². The van der Waals surface area contributed by atoms with Crippen molar-refractivity contribution >= 4 is 0 Å². The van der Waals surface area contributed by atoms with E-state index in [-0.39, 0.29) is 0 Å². The lowest BCUT2D eigenvalue weighted by molar-refractivity contribution is 0.0962. The van der Waals surface area contributed by atoms with Gasteiger partial charge in [-0.3, -0.25) is 0 Å². The summed E-state index contributed by atoms with van der Waals surface area (Å²) in [5.74, 6) is 1.58. The maximum Gasteiger partial charge on any atom is 0.229 e. The first-order chi connectivity index (χ1) is 9.05. The van der Waals surface area contributed by atoms with E-state index in [2.05, 4.69) is 24.0 Å². The molecule has 5 nitrogen and oxygen atoms in total. The van der Waals surface area contributed by atoms with Gasteiger partial charge in [0.25, 0.3) is 0 Å².